The van der Waals surface area contributed by atoms with E-state index in [0.717, 1.165) is 15.6 Å². The smallest absolute Gasteiger partial charge is 0.231 e. The van der Waals surface area contributed by atoms with E-state index in [-0.39, 0.29) is 5.78 Å². The minimum absolute atomic E-state index is 0.136. The summed E-state index contributed by atoms with van der Waals surface area (Å²) < 4.78 is 12.5. The molecule has 134 valence electrons. The standard InChI is InChI=1S/C22H14BrClO3/c23-16-6-3-4-14(10-16)11-21-22(25)18-9-8-17(12-20(18)27-21)26-13-15-5-1-2-7-19(15)24/h1-12H,13H2. The minimum Gasteiger partial charge on any atom is -0.489 e. The average Bonchev–Trinajstić information content (AvgIpc) is 2.96. The topological polar surface area (TPSA) is 35.5 Å². The Morgan fingerprint density at radius 3 is 2.70 bits per heavy atom. The molecule has 4 rings (SSSR count). The van der Waals surface area contributed by atoms with Crippen molar-refractivity contribution in [2.75, 3.05) is 0 Å². The number of hydrogen-bond donors (Lipinski definition) is 0. The molecule has 0 amide bonds. The summed E-state index contributed by atoms with van der Waals surface area (Å²) in [7, 11) is 0. The van der Waals surface area contributed by atoms with Gasteiger partial charge in [0, 0.05) is 21.1 Å². The zero-order valence-corrected chi connectivity index (χ0v) is 16.5. The van der Waals surface area contributed by atoms with Crippen LogP contribution in [0.15, 0.2) is 77.0 Å². The molecule has 3 aromatic carbocycles. The van der Waals surface area contributed by atoms with Crippen LogP contribution in [0.5, 0.6) is 11.5 Å². The van der Waals surface area contributed by atoms with Gasteiger partial charge < -0.3 is 9.47 Å². The lowest BCUT2D eigenvalue weighted by Crippen LogP contribution is -1.98. The number of carbonyl (C=O) groups is 1. The van der Waals surface area contributed by atoms with E-state index < -0.39 is 0 Å². The predicted octanol–water partition coefficient (Wildman–Crippen LogP) is 6.30. The molecular formula is C22H14BrClO3. The fourth-order valence-corrected chi connectivity index (χ4v) is 3.39. The van der Waals surface area contributed by atoms with Gasteiger partial charge in [0.2, 0.25) is 5.78 Å². The van der Waals surface area contributed by atoms with Crippen molar-refractivity contribution in [3.8, 4) is 11.5 Å². The van der Waals surface area contributed by atoms with Crippen LogP contribution in [-0.2, 0) is 6.61 Å². The van der Waals surface area contributed by atoms with E-state index in [9.17, 15) is 4.79 Å². The molecule has 27 heavy (non-hydrogen) atoms. The third-order valence-corrected chi connectivity index (χ3v) is 5.00. The first kappa shape index (κ1) is 17.8. The van der Waals surface area contributed by atoms with Gasteiger partial charge in [-0.25, -0.2) is 0 Å². The van der Waals surface area contributed by atoms with Crippen molar-refractivity contribution in [3.63, 3.8) is 0 Å². The lowest BCUT2D eigenvalue weighted by Gasteiger charge is -2.08. The Morgan fingerprint density at radius 2 is 1.89 bits per heavy atom. The Balaban J connectivity index is 1.53. The van der Waals surface area contributed by atoms with E-state index in [2.05, 4.69) is 15.9 Å². The van der Waals surface area contributed by atoms with Crippen molar-refractivity contribution >= 4 is 39.4 Å². The van der Waals surface area contributed by atoms with Gasteiger partial charge >= 0.3 is 0 Å². The summed E-state index contributed by atoms with van der Waals surface area (Å²) in [5, 5.41) is 0.657. The Bertz CT molecular complexity index is 1060. The van der Waals surface area contributed by atoms with Gasteiger partial charge in [0.05, 0.1) is 5.56 Å². The molecule has 3 nitrogen and oxygen atoms in total. The summed E-state index contributed by atoms with van der Waals surface area (Å²) in [4.78, 5) is 12.6. The van der Waals surface area contributed by atoms with Crippen LogP contribution in [0.4, 0.5) is 0 Å². The average molecular weight is 442 g/mol. The fourth-order valence-electron chi connectivity index (χ4n) is 2.78. The molecular weight excluding hydrogens is 428 g/mol. The first-order chi connectivity index (χ1) is 13.1. The van der Waals surface area contributed by atoms with Gasteiger partial charge in [-0.1, -0.05) is 57.9 Å². The normalized spacial score (nSPS) is 14.1. The summed E-state index contributed by atoms with van der Waals surface area (Å²) >= 11 is 9.58. The van der Waals surface area contributed by atoms with E-state index in [1.165, 1.54) is 0 Å². The summed E-state index contributed by atoms with van der Waals surface area (Å²) in [6, 6.07) is 20.4. The maximum absolute atomic E-state index is 12.6. The van der Waals surface area contributed by atoms with E-state index in [4.69, 9.17) is 21.1 Å². The van der Waals surface area contributed by atoms with Gasteiger partial charge in [-0.2, -0.15) is 0 Å². The molecule has 1 heterocycles. The van der Waals surface area contributed by atoms with E-state index in [1.807, 2.05) is 48.5 Å². The molecule has 0 aromatic heterocycles. The third-order valence-electron chi connectivity index (χ3n) is 4.14. The van der Waals surface area contributed by atoms with Gasteiger partial charge in [0.1, 0.15) is 18.1 Å². The lowest BCUT2D eigenvalue weighted by atomic mass is 10.1. The zero-order chi connectivity index (χ0) is 18.8. The molecule has 0 fully saturated rings. The zero-order valence-electron chi connectivity index (χ0n) is 14.1. The number of fused-ring (bicyclic) bond motifs is 1. The maximum Gasteiger partial charge on any atom is 0.231 e. The summed E-state index contributed by atoms with van der Waals surface area (Å²) in [5.41, 5.74) is 2.31. The fraction of sp³-hybridized carbons (Fsp3) is 0.0455. The highest BCUT2D eigenvalue weighted by atomic mass is 79.9. The highest BCUT2D eigenvalue weighted by Gasteiger charge is 2.27. The third kappa shape index (κ3) is 3.92. The summed E-state index contributed by atoms with van der Waals surface area (Å²) in [6.07, 6.45) is 1.73. The Morgan fingerprint density at radius 1 is 1.04 bits per heavy atom. The maximum atomic E-state index is 12.6. The SMILES string of the molecule is O=C1C(=Cc2cccc(Br)c2)Oc2cc(OCc3ccccc3Cl)ccc21. The molecule has 0 saturated carbocycles. The van der Waals surface area contributed by atoms with Gasteiger partial charge in [0.15, 0.2) is 5.76 Å². The molecule has 0 aliphatic carbocycles. The summed E-state index contributed by atoms with van der Waals surface area (Å²) in [6.45, 7) is 0.340. The second-order valence-electron chi connectivity index (χ2n) is 6.03. The van der Waals surface area contributed by atoms with Crippen LogP contribution in [0, 0.1) is 0 Å². The first-order valence-corrected chi connectivity index (χ1v) is 9.47. The largest absolute Gasteiger partial charge is 0.489 e. The van der Waals surface area contributed by atoms with Crippen molar-refractivity contribution in [2.45, 2.75) is 6.61 Å². The molecule has 0 spiro atoms. The van der Waals surface area contributed by atoms with Crippen LogP contribution in [0.25, 0.3) is 6.08 Å². The molecule has 3 aromatic rings. The van der Waals surface area contributed by atoms with Gasteiger partial charge in [-0.3, -0.25) is 4.79 Å². The van der Waals surface area contributed by atoms with E-state index >= 15 is 0 Å². The molecule has 0 saturated heterocycles. The molecule has 0 N–H and O–H groups in total. The number of hydrogen-bond acceptors (Lipinski definition) is 3. The van der Waals surface area contributed by atoms with E-state index in [0.29, 0.717) is 34.5 Å². The van der Waals surface area contributed by atoms with Crippen LogP contribution in [0.1, 0.15) is 21.5 Å². The number of ether oxygens (including phenoxy) is 2. The Kier molecular flexibility index (Phi) is 5.01. The van der Waals surface area contributed by atoms with Crippen molar-refractivity contribution in [3.05, 3.63) is 98.7 Å². The van der Waals surface area contributed by atoms with E-state index in [1.54, 1.807) is 24.3 Å². The van der Waals surface area contributed by atoms with Crippen molar-refractivity contribution in [1.29, 1.82) is 0 Å². The molecule has 0 atom stereocenters. The molecule has 0 unspecified atom stereocenters. The van der Waals surface area contributed by atoms with Crippen molar-refractivity contribution in [2.24, 2.45) is 0 Å². The number of carbonyl (C=O) groups excluding carboxylic acids is 1. The number of allylic oxidation sites excluding steroid dienone is 1. The van der Waals surface area contributed by atoms with Crippen LogP contribution in [-0.4, -0.2) is 5.78 Å². The Hall–Kier alpha value is -2.56. The minimum atomic E-state index is -0.136. The number of halogens is 2. The van der Waals surface area contributed by atoms with Crippen LogP contribution in [0.3, 0.4) is 0 Å². The highest BCUT2D eigenvalue weighted by Crippen LogP contribution is 2.35. The predicted molar refractivity (Wildman–Crippen MR) is 109 cm³/mol. The van der Waals surface area contributed by atoms with Crippen LogP contribution >= 0.6 is 27.5 Å². The highest BCUT2D eigenvalue weighted by molar-refractivity contribution is 9.10. The molecule has 0 bridgehead atoms. The number of Topliss-reactive ketones (excluding diaryl/α,β-unsaturated/α-hetero) is 1. The molecule has 1 aliphatic rings. The van der Waals surface area contributed by atoms with Gasteiger partial charge in [-0.05, 0) is 42.0 Å². The van der Waals surface area contributed by atoms with Crippen LogP contribution < -0.4 is 9.47 Å². The first-order valence-electron chi connectivity index (χ1n) is 8.30. The van der Waals surface area contributed by atoms with Crippen molar-refractivity contribution in [1.82, 2.24) is 0 Å². The van der Waals surface area contributed by atoms with Crippen LogP contribution in [0.2, 0.25) is 5.02 Å². The molecule has 1 aliphatic heterocycles. The number of rotatable bonds is 4. The number of ketones is 1. The second kappa shape index (κ2) is 7.59. The van der Waals surface area contributed by atoms with Gasteiger partial charge in [-0.15, -0.1) is 0 Å². The Labute approximate surface area is 170 Å². The second-order valence-corrected chi connectivity index (χ2v) is 7.36. The van der Waals surface area contributed by atoms with Gasteiger partial charge in [0.25, 0.3) is 0 Å². The quantitative estimate of drug-likeness (QED) is 0.446. The monoisotopic (exact) mass is 440 g/mol. The lowest BCUT2D eigenvalue weighted by molar-refractivity contribution is 0.101. The summed E-state index contributed by atoms with van der Waals surface area (Å²) in [5.74, 6) is 1.28. The molecule has 0 radical (unpaired) electrons. The van der Waals surface area contributed by atoms with Crippen molar-refractivity contribution < 1.29 is 14.3 Å². The number of benzene rings is 3. The molecule has 5 heteroatoms.